The molecule has 0 aliphatic rings. The first-order valence-electron chi connectivity index (χ1n) is 11.0. The summed E-state index contributed by atoms with van der Waals surface area (Å²) >= 11 is 0. The number of ether oxygens (including phenoxy) is 1. The summed E-state index contributed by atoms with van der Waals surface area (Å²) in [5.74, 6) is 1.68. The van der Waals surface area contributed by atoms with E-state index in [0.29, 0.717) is 11.5 Å². The molecule has 0 radical (unpaired) electrons. The maximum atomic E-state index is 14.7. The molecule has 0 aliphatic heterocycles. The second kappa shape index (κ2) is 10.9. The van der Waals surface area contributed by atoms with E-state index in [1.165, 1.54) is 0 Å². The fourth-order valence-electron chi connectivity index (χ4n) is 3.75. The Morgan fingerprint density at radius 3 is 1.62 bits per heavy atom. The van der Waals surface area contributed by atoms with E-state index in [-0.39, 0.29) is 0 Å². The van der Waals surface area contributed by atoms with Crippen molar-refractivity contribution in [3.63, 3.8) is 0 Å². The van der Waals surface area contributed by atoms with Crippen LogP contribution in [0.4, 0.5) is 0 Å². The largest absolute Gasteiger partial charge is 0.497 e. The summed E-state index contributed by atoms with van der Waals surface area (Å²) in [5.41, 5.74) is 2.01. The van der Waals surface area contributed by atoms with Crippen molar-refractivity contribution >= 4 is 13.7 Å². The van der Waals surface area contributed by atoms with Crippen molar-refractivity contribution in [1.82, 2.24) is 0 Å². The topological polar surface area (TPSA) is 44.8 Å². The molecule has 0 saturated carbocycles. The highest BCUT2D eigenvalue weighted by atomic mass is 31.2. The van der Waals surface area contributed by atoms with Crippen molar-refractivity contribution in [3.8, 4) is 17.2 Å². The smallest absolute Gasteiger partial charge is 0.442 e. The van der Waals surface area contributed by atoms with Crippen LogP contribution in [0.3, 0.4) is 0 Å². The summed E-state index contributed by atoms with van der Waals surface area (Å²) in [5, 5.41) is 0. The van der Waals surface area contributed by atoms with Gasteiger partial charge < -0.3 is 13.8 Å². The SMILES string of the molecule is COc1ccc(C(/C(C)=C/c2ccccc2)P(=O)(Oc2ccccc2)Oc2ccccc2)cc1. The zero-order valence-corrected chi connectivity index (χ0v) is 20.1. The monoisotopic (exact) mass is 470 g/mol. The summed E-state index contributed by atoms with van der Waals surface area (Å²) in [4.78, 5) is 0. The molecule has 4 rings (SSSR count). The molecule has 172 valence electrons. The Labute approximate surface area is 201 Å². The van der Waals surface area contributed by atoms with Gasteiger partial charge in [0.15, 0.2) is 0 Å². The molecular weight excluding hydrogens is 443 g/mol. The van der Waals surface area contributed by atoms with Crippen molar-refractivity contribution in [2.75, 3.05) is 7.11 Å². The van der Waals surface area contributed by atoms with Crippen LogP contribution in [-0.4, -0.2) is 7.11 Å². The van der Waals surface area contributed by atoms with Crippen LogP contribution in [0.2, 0.25) is 0 Å². The minimum Gasteiger partial charge on any atom is -0.497 e. The Balaban J connectivity index is 1.85. The fourth-order valence-corrected chi connectivity index (χ4v) is 5.94. The molecule has 0 spiro atoms. The highest BCUT2D eigenvalue weighted by Gasteiger charge is 2.41. The lowest BCUT2D eigenvalue weighted by Gasteiger charge is -2.29. The van der Waals surface area contributed by atoms with Crippen molar-refractivity contribution in [2.45, 2.75) is 12.6 Å². The Kier molecular flexibility index (Phi) is 7.51. The molecule has 5 heteroatoms. The van der Waals surface area contributed by atoms with Gasteiger partial charge >= 0.3 is 7.60 Å². The summed E-state index contributed by atoms with van der Waals surface area (Å²) in [6.45, 7) is 1.96. The predicted octanol–water partition coefficient (Wildman–Crippen LogP) is 8.19. The number of rotatable bonds is 9. The summed E-state index contributed by atoms with van der Waals surface area (Å²) in [6.07, 6.45) is 2.02. The highest BCUT2D eigenvalue weighted by molar-refractivity contribution is 7.55. The van der Waals surface area contributed by atoms with E-state index in [1.54, 1.807) is 31.4 Å². The Morgan fingerprint density at radius 1 is 0.676 bits per heavy atom. The molecule has 0 N–H and O–H groups in total. The van der Waals surface area contributed by atoms with Gasteiger partial charge in [0.25, 0.3) is 0 Å². The van der Waals surface area contributed by atoms with Crippen LogP contribution in [0.25, 0.3) is 6.08 Å². The predicted molar refractivity (Wildman–Crippen MR) is 138 cm³/mol. The average Bonchev–Trinajstić information content (AvgIpc) is 2.86. The lowest BCUT2D eigenvalue weighted by molar-refractivity contribution is 0.377. The fraction of sp³-hybridized carbons (Fsp3) is 0.103. The van der Waals surface area contributed by atoms with Crippen LogP contribution < -0.4 is 13.8 Å². The molecule has 0 aromatic heterocycles. The zero-order chi connectivity index (χ0) is 23.8. The zero-order valence-electron chi connectivity index (χ0n) is 19.2. The summed E-state index contributed by atoms with van der Waals surface area (Å²) < 4.78 is 32.5. The number of methoxy groups -OCH3 is 1. The van der Waals surface area contributed by atoms with Crippen molar-refractivity contribution < 1.29 is 18.3 Å². The van der Waals surface area contributed by atoms with Crippen molar-refractivity contribution in [1.29, 1.82) is 0 Å². The number of hydrogen-bond acceptors (Lipinski definition) is 4. The third-order valence-electron chi connectivity index (χ3n) is 5.32. The van der Waals surface area contributed by atoms with E-state index in [9.17, 15) is 4.57 Å². The average molecular weight is 471 g/mol. The molecule has 0 amide bonds. The molecule has 0 fully saturated rings. The van der Waals surface area contributed by atoms with Crippen LogP contribution in [0.5, 0.6) is 17.2 Å². The van der Waals surface area contributed by atoms with Crippen LogP contribution in [-0.2, 0) is 4.57 Å². The van der Waals surface area contributed by atoms with Gasteiger partial charge in [0.05, 0.1) is 7.11 Å². The highest BCUT2D eigenvalue weighted by Crippen LogP contribution is 2.63. The van der Waals surface area contributed by atoms with Gasteiger partial charge in [-0.25, -0.2) is 4.57 Å². The molecule has 4 nitrogen and oxygen atoms in total. The first-order valence-corrected chi connectivity index (χ1v) is 12.6. The molecule has 1 atom stereocenters. The maximum absolute atomic E-state index is 14.7. The van der Waals surface area contributed by atoms with E-state index in [1.807, 2.05) is 104 Å². The third kappa shape index (κ3) is 5.78. The van der Waals surface area contributed by atoms with Crippen molar-refractivity contribution in [3.05, 3.63) is 132 Å². The lowest BCUT2D eigenvalue weighted by atomic mass is 10.0. The number of para-hydroxylation sites is 2. The van der Waals surface area contributed by atoms with Gasteiger partial charge in [-0.2, -0.15) is 0 Å². The molecular formula is C29H27O4P. The second-order valence-corrected chi connectivity index (χ2v) is 9.78. The minimum atomic E-state index is -3.82. The molecule has 4 aromatic carbocycles. The van der Waals surface area contributed by atoms with E-state index < -0.39 is 13.3 Å². The van der Waals surface area contributed by atoms with Crippen LogP contribution in [0.1, 0.15) is 23.7 Å². The van der Waals surface area contributed by atoms with Gasteiger partial charge in [0, 0.05) is 0 Å². The number of benzene rings is 4. The van der Waals surface area contributed by atoms with Gasteiger partial charge in [-0.3, -0.25) is 0 Å². The van der Waals surface area contributed by atoms with Gasteiger partial charge in [0.2, 0.25) is 0 Å². The summed E-state index contributed by atoms with van der Waals surface area (Å²) in [6, 6.07) is 35.7. The quantitative estimate of drug-likeness (QED) is 0.231. The van der Waals surface area contributed by atoms with E-state index in [4.69, 9.17) is 13.8 Å². The van der Waals surface area contributed by atoms with Gasteiger partial charge in [-0.05, 0) is 54.4 Å². The van der Waals surface area contributed by atoms with Crippen LogP contribution >= 0.6 is 7.60 Å². The van der Waals surface area contributed by atoms with Gasteiger partial charge in [-0.1, -0.05) is 90.5 Å². The third-order valence-corrected chi connectivity index (χ3v) is 7.59. The Hall–Kier alpha value is -3.75. The molecule has 1 unspecified atom stereocenters. The maximum Gasteiger partial charge on any atom is 0.442 e. The first-order chi connectivity index (χ1) is 16.6. The molecule has 0 aliphatic carbocycles. The molecule has 0 bridgehead atoms. The molecule has 34 heavy (non-hydrogen) atoms. The number of allylic oxidation sites excluding steroid dienone is 1. The van der Waals surface area contributed by atoms with E-state index in [2.05, 4.69) is 0 Å². The minimum absolute atomic E-state index is 0.479. The Morgan fingerprint density at radius 2 is 1.15 bits per heavy atom. The van der Waals surface area contributed by atoms with Crippen LogP contribution in [0, 0.1) is 0 Å². The Bertz CT molecular complexity index is 1210. The molecule has 0 saturated heterocycles. The second-order valence-electron chi connectivity index (χ2n) is 7.82. The number of hydrogen-bond donors (Lipinski definition) is 0. The van der Waals surface area contributed by atoms with Crippen molar-refractivity contribution in [2.24, 2.45) is 0 Å². The summed E-state index contributed by atoms with van der Waals surface area (Å²) in [7, 11) is -2.20. The van der Waals surface area contributed by atoms with E-state index >= 15 is 0 Å². The van der Waals surface area contributed by atoms with Crippen LogP contribution in [0.15, 0.2) is 121 Å². The first kappa shape index (κ1) is 23.4. The normalized spacial score (nSPS) is 12.6. The van der Waals surface area contributed by atoms with E-state index in [0.717, 1.165) is 22.4 Å². The molecule has 0 heterocycles. The standard InChI is InChI=1S/C29H27O4P/c1-23(22-24-12-6-3-7-13-24)29(25-18-20-26(31-2)21-19-25)34(30,32-27-14-8-4-9-15-27)33-28-16-10-5-11-17-28/h3-22,29H,1-2H3/b23-22+. The lowest BCUT2D eigenvalue weighted by Crippen LogP contribution is -2.12. The van der Waals surface area contributed by atoms with Gasteiger partial charge in [0.1, 0.15) is 22.9 Å². The molecule has 4 aromatic rings. The van der Waals surface area contributed by atoms with Gasteiger partial charge in [-0.15, -0.1) is 0 Å².